The number of hydrogen-bond donors (Lipinski definition) is 3. The van der Waals surface area contributed by atoms with Crippen molar-refractivity contribution in [2.75, 3.05) is 11.3 Å². The lowest BCUT2D eigenvalue weighted by molar-refractivity contribution is -0.123. The summed E-state index contributed by atoms with van der Waals surface area (Å²) in [6, 6.07) is 21.9. The van der Waals surface area contributed by atoms with Gasteiger partial charge in [0.25, 0.3) is 21.8 Å². The molecule has 0 fully saturated rings. The number of nitrogens with one attached hydrogen (secondary N) is 3. The molecule has 3 rings (SSSR count). The van der Waals surface area contributed by atoms with E-state index in [1.807, 2.05) is 6.07 Å². The number of para-hydroxylation sites is 1. The molecule has 0 aliphatic carbocycles. The van der Waals surface area contributed by atoms with Crippen molar-refractivity contribution in [3.8, 4) is 11.8 Å². The number of nitriles is 1. The maximum atomic E-state index is 12.3. The summed E-state index contributed by atoms with van der Waals surface area (Å²) in [4.78, 5) is 24.2. The average Bonchev–Trinajstić information content (AvgIpc) is 2.82. The maximum Gasteiger partial charge on any atom is 0.276 e. The van der Waals surface area contributed by atoms with Gasteiger partial charge in [0.2, 0.25) is 0 Å². The summed E-state index contributed by atoms with van der Waals surface area (Å²) in [5.41, 5.74) is 5.20. The van der Waals surface area contributed by atoms with Crippen LogP contribution in [0.1, 0.15) is 15.9 Å². The quantitative estimate of drug-likeness (QED) is 0.472. The third-order valence-corrected chi connectivity index (χ3v) is 5.53. The molecule has 10 heteroatoms. The summed E-state index contributed by atoms with van der Waals surface area (Å²) >= 11 is 0. The first-order chi connectivity index (χ1) is 15.4. The molecule has 0 atom stereocenters. The van der Waals surface area contributed by atoms with Gasteiger partial charge >= 0.3 is 0 Å². The Bertz CT molecular complexity index is 1250. The summed E-state index contributed by atoms with van der Waals surface area (Å²) in [5.74, 6) is -0.975. The highest BCUT2D eigenvalue weighted by molar-refractivity contribution is 7.92. The van der Waals surface area contributed by atoms with Crippen molar-refractivity contribution in [3.63, 3.8) is 0 Å². The lowest BCUT2D eigenvalue weighted by Gasteiger charge is -2.10. The Morgan fingerprint density at radius 1 is 0.875 bits per heavy atom. The number of hydrogen-bond acceptors (Lipinski definition) is 6. The summed E-state index contributed by atoms with van der Waals surface area (Å²) in [6.07, 6.45) is 0. The topological polar surface area (TPSA) is 137 Å². The number of carbonyl (C=O) groups excluding carboxylic acids is 2. The lowest BCUT2D eigenvalue weighted by atomic mass is 10.2. The molecule has 3 aromatic carbocycles. The largest absolute Gasteiger partial charge is 0.482 e. The smallest absolute Gasteiger partial charge is 0.276 e. The number of nitrogens with zero attached hydrogens (tertiary/aromatic N) is 1. The van der Waals surface area contributed by atoms with Crippen LogP contribution in [-0.4, -0.2) is 26.8 Å². The van der Waals surface area contributed by atoms with Crippen LogP contribution < -0.4 is 20.3 Å². The van der Waals surface area contributed by atoms with Gasteiger partial charge in [0, 0.05) is 11.3 Å². The van der Waals surface area contributed by atoms with Crippen molar-refractivity contribution in [3.05, 3.63) is 90.0 Å². The first kappa shape index (κ1) is 22.3. The number of ether oxygens (including phenoxy) is 1. The van der Waals surface area contributed by atoms with Crippen molar-refractivity contribution >= 4 is 27.5 Å². The van der Waals surface area contributed by atoms with E-state index in [0.717, 1.165) is 0 Å². The molecule has 0 spiro atoms. The van der Waals surface area contributed by atoms with E-state index in [0.29, 0.717) is 0 Å². The van der Waals surface area contributed by atoms with Crippen LogP contribution in [0.4, 0.5) is 5.69 Å². The average molecular weight is 450 g/mol. The maximum absolute atomic E-state index is 12.3. The number of amides is 2. The Morgan fingerprint density at radius 3 is 2.22 bits per heavy atom. The van der Waals surface area contributed by atoms with Gasteiger partial charge < -0.3 is 4.74 Å². The second-order valence-corrected chi connectivity index (χ2v) is 8.08. The molecule has 0 heterocycles. The zero-order valence-electron chi connectivity index (χ0n) is 16.6. The summed E-state index contributed by atoms with van der Waals surface area (Å²) < 4.78 is 32.4. The Balaban J connectivity index is 1.51. The van der Waals surface area contributed by atoms with Gasteiger partial charge in [-0.15, -0.1) is 0 Å². The number of benzene rings is 3. The van der Waals surface area contributed by atoms with E-state index in [4.69, 9.17) is 10.00 Å². The number of hydrazine groups is 1. The minimum atomic E-state index is -3.74. The molecule has 0 unspecified atom stereocenters. The lowest BCUT2D eigenvalue weighted by Crippen LogP contribution is -2.43. The fourth-order valence-electron chi connectivity index (χ4n) is 2.57. The Labute approximate surface area is 184 Å². The fraction of sp³-hybridized carbons (Fsp3) is 0.0455. The minimum absolute atomic E-state index is 0.115. The molecule has 9 nitrogen and oxygen atoms in total. The molecular weight excluding hydrogens is 432 g/mol. The van der Waals surface area contributed by atoms with E-state index in [2.05, 4.69) is 15.6 Å². The second kappa shape index (κ2) is 10.1. The van der Waals surface area contributed by atoms with Gasteiger partial charge in [-0.2, -0.15) is 5.26 Å². The molecule has 0 saturated heterocycles. The van der Waals surface area contributed by atoms with Crippen LogP contribution in [0.15, 0.2) is 83.8 Å². The van der Waals surface area contributed by atoms with E-state index in [1.54, 1.807) is 42.5 Å². The highest BCUT2D eigenvalue weighted by Crippen LogP contribution is 2.17. The highest BCUT2D eigenvalue weighted by Gasteiger charge is 2.14. The van der Waals surface area contributed by atoms with Gasteiger partial charge in [-0.1, -0.05) is 30.3 Å². The molecule has 162 valence electrons. The zero-order valence-corrected chi connectivity index (χ0v) is 17.4. The van der Waals surface area contributed by atoms with E-state index >= 15 is 0 Å². The van der Waals surface area contributed by atoms with E-state index in [1.165, 1.54) is 36.4 Å². The van der Waals surface area contributed by atoms with Gasteiger partial charge in [0.1, 0.15) is 11.8 Å². The van der Waals surface area contributed by atoms with Gasteiger partial charge in [0.15, 0.2) is 6.61 Å². The van der Waals surface area contributed by atoms with Crippen LogP contribution >= 0.6 is 0 Å². The number of carbonyl (C=O) groups is 2. The number of rotatable bonds is 7. The predicted molar refractivity (Wildman–Crippen MR) is 116 cm³/mol. The monoisotopic (exact) mass is 450 g/mol. The fourth-order valence-corrected chi connectivity index (χ4v) is 3.65. The predicted octanol–water partition coefficient (Wildman–Crippen LogP) is 2.20. The van der Waals surface area contributed by atoms with Crippen LogP contribution in [0, 0.1) is 11.3 Å². The SMILES string of the molecule is N#Cc1ccccc1OCC(=O)NNC(=O)c1ccc(NS(=O)(=O)c2ccccc2)cc1. The first-order valence-corrected chi connectivity index (χ1v) is 10.8. The normalized spacial score (nSPS) is 10.5. The van der Waals surface area contributed by atoms with Crippen LogP contribution in [0.2, 0.25) is 0 Å². The number of sulfonamides is 1. The first-order valence-electron chi connectivity index (χ1n) is 9.28. The molecule has 0 aromatic heterocycles. The molecule has 3 aromatic rings. The molecular formula is C22H18N4O5S. The Morgan fingerprint density at radius 2 is 1.53 bits per heavy atom. The van der Waals surface area contributed by atoms with E-state index in [9.17, 15) is 18.0 Å². The summed E-state index contributed by atoms with van der Waals surface area (Å²) in [6.45, 7) is -0.404. The van der Waals surface area contributed by atoms with Crippen molar-refractivity contribution in [1.29, 1.82) is 5.26 Å². The van der Waals surface area contributed by atoms with Crippen molar-refractivity contribution < 1.29 is 22.7 Å². The minimum Gasteiger partial charge on any atom is -0.482 e. The standard InChI is InChI=1S/C22H18N4O5S/c23-14-17-6-4-5-9-20(17)31-15-21(27)24-25-22(28)16-10-12-18(13-11-16)26-32(29,30)19-7-2-1-3-8-19/h1-13,26H,15H2,(H,24,27)(H,25,28). The number of anilines is 1. The Hall–Kier alpha value is -4.36. The molecule has 0 aliphatic heterocycles. The van der Waals surface area contributed by atoms with Gasteiger partial charge in [-0.3, -0.25) is 25.2 Å². The van der Waals surface area contributed by atoms with Crippen molar-refractivity contribution in [1.82, 2.24) is 10.9 Å². The zero-order chi connectivity index (χ0) is 23.0. The van der Waals surface area contributed by atoms with Gasteiger partial charge in [0.05, 0.1) is 10.5 Å². The molecule has 32 heavy (non-hydrogen) atoms. The molecule has 0 aliphatic rings. The second-order valence-electron chi connectivity index (χ2n) is 6.39. The van der Waals surface area contributed by atoms with Crippen LogP contribution in [-0.2, 0) is 14.8 Å². The van der Waals surface area contributed by atoms with Crippen molar-refractivity contribution in [2.24, 2.45) is 0 Å². The summed E-state index contributed by atoms with van der Waals surface area (Å²) in [5, 5.41) is 9.00. The third-order valence-electron chi connectivity index (χ3n) is 4.13. The van der Waals surface area contributed by atoms with E-state index in [-0.39, 0.29) is 27.5 Å². The third kappa shape index (κ3) is 5.84. The molecule has 0 radical (unpaired) electrons. The van der Waals surface area contributed by atoms with Gasteiger partial charge in [-0.05, 0) is 48.5 Å². The van der Waals surface area contributed by atoms with Crippen molar-refractivity contribution in [2.45, 2.75) is 4.90 Å². The Kier molecular flexibility index (Phi) is 7.05. The van der Waals surface area contributed by atoms with Crippen LogP contribution in [0.25, 0.3) is 0 Å². The molecule has 2 amide bonds. The van der Waals surface area contributed by atoms with E-state index < -0.39 is 28.4 Å². The molecule has 0 bridgehead atoms. The molecule has 0 saturated carbocycles. The van der Waals surface area contributed by atoms with Crippen LogP contribution in [0.3, 0.4) is 0 Å². The summed E-state index contributed by atoms with van der Waals surface area (Å²) in [7, 11) is -3.74. The van der Waals surface area contributed by atoms with Gasteiger partial charge in [-0.25, -0.2) is 8.42 Å². The molecule has 3 N–H and O–H groups in total. The van der Waals surface area contributed by atoms with Crippen LogP contribution in [0.5, 0.6) is 5.75 Å². The highest BCUT2D eigenvalue weighted by atomic mass is 32.2.